The van der Waals surface area contributed by atoms with E-state index in [9.17, 15) is 16.8 Å². The van der Waals surface area contributed by atoms with Crippen LogP contribution in [0.3, 0.4) is 0 Å². The van der Waals surface area contributed by atoms with Gasteiger partial charge in [-0.1, -0.05) is 6.07 Å². The first-order valence-corrected chi connectivity index (χ1v) is 11.0. The van der Waals surface area contributed by atoms with E-state index in [-0.39, 0.29) is 36.8 Å². The molecule has 0 amide bonds. The van der Waals surface area contributed by atoms with Crippen LogP contribution < -0.4 is 5.48 Å². The summed E-state index contributed by atoms with van der Waals surface area (Å²) in [6.45, 7) is 1.67. The molecule has 1 aromatic rings. The molecule has 146 valence electrons. The molecule has 2 saturated heterocycles. The summed E-state index contributed by atoms with van der Waals surface area (Å²) >= 11 is 0. The van der Waals surface area contributed by atoms with E-state index in [0.29, 0.717) is 26.3 Å². The molecule has 10 nitrogen and oxygen atoms in total. The summed E-state index contributed by atoms with van der Waals surface area (Å²) in [5, 5.41) is 8.94. The maximum Gasteiger partial charge on any atom is 0.282 e. The summed E-state index contributed by atoms with van der Waals surface area (Å²) in [4.78, 5) is 0.0426. The van der Waals surface area contributed by atoms with Gasteiger partial charge in [0.2, 0.25) is 10.0 Å². The molecule has 26 heavy (non-hydrogen) atoms. The van der Waals surface area contributed by atoms with Crippen LogP contribution in [0.15, 0.2) is 29.2 Å². The summed E-state index contributed by atoms with van der Waals surface area (Å²) < 4.78 is 59.9. The molecule has 3 rings (SSSR count). The number of hydrogen-bond acceptors (Lipinski definition) is 7. The molecule has 2 fully saturated rings. The first-order valence-electron chi connectivity index (χ1n) is 8.19. The molecule has 2 aliphatic rings. The van der Waals surface area contributed by atoms with Crippen LogP contribution in [0.1, 0.15) is 0 Å². The molecule has 0 unspecified atom stereocenters. The van der Waals surface area contributed by atoms with Gasteiger partial charge in [0.1, 0.15) is 0 Å². The van der Waals surface area contributed by atoms with Gasteiger partial charge in [-0.05, 0) is 18.2 Å². The highest BCUT2D eigenvalue weighted by atomic mass is 32.2. The highest BCUT2D eigenvalue weighted by Gasteiger charge is 2.36. The van der Waals surface area contributed by atoms with Crippen molar-refractivity contribution in [1.29, 1.82) is 0 Å². The number of anilines is 1. The SMILES string of the molecule is O=S(=O)(c1cccc(NO)c1)N1CCN(S(=O)(=O)N2CCOCC2)CC1. The maximum absolute atomic E-state index is 12.7. The lowest BCUT2D eigenvalue weighted by Crippen LogP contribution is -2.55. The Morgan fingerprint density at radius 1 is 0.885 bits per heavy atom. The molecule has 0 atom stereocenters. The van der Waals surface area contributed by atoms with Crippen molar-refractivity contribution in [3.8, 4) is 0 Å². The maximum atomic E-state index is 12.7. The number of hydrogen-bond donors (Lipinski definition) is 2. The average Bonchev–Trinajstić information content (AvgIpc) is 2.68. The van der Waals surface area contributed by atoms with Gasteiger partial charge in [-0.15, -0.1) is 0 Å². The fraction of sp³-hybridized carbons (Fsp3) is 0.571. The smallest absolute Gasteiger partial charge is 0.282 e. The van der Waals surface area contributed by atoms with Gasteiger partial charge in [0.05, 0.1) is 23.8 Å². The number of rotatable bonds is 5. The molecule has 0 aromatic heterocycles. The first-order chi connectivity index (χ1) is 12.4. The lowest BCUT2D eigenvalue weighted by atomic mass is 10.3. The van der Waals surface area contributed by atoms with Crippen LogP contribution in [0.4, 0.5) is 5.69 Å². The Hall–Kier alpha value is -1.28. The molecular weight excluding hydrogens is 384 g/mol. The molecule has 0 spiro atoms. The van der Waals surface area contributed by atoms with Crippen molar-refractivity contribution in [3.05, 3.63) is 24.3 Å². The first kappa shape index (κ1) is 19.5. The van der Waals surface area contributed by atoms with E-state index in [2.05, 4.69) is 0 Å². The van der Waals surface area contributed by atoms with Crippen LogP contribution in [0.5, 0.6) is 0 Å². The van der Waals surface area contributed by atoms with E-state index < -0.39 is 20.2 Å². The van der Waals surface area contributed by atoms with Gasteiger partial charge < -0.3 is 4.74 Å². The molecule has 12 heteroatoms. The number of nitrogens with one attached hydrogen (secondary N) is 1. The Balaban J connectivity index is 1.69. The normalized spacial score (nSPS) is 21.6. The van der Waals surface area contributed by atoms with E-state index in [0.717, 1.165) is 0 Å². The van der Waals surface area contributed by atoms with Gasteiger partial charge in [-0.3, -0.25) is 10.7 Å². The van der Waals surface area contributed by atoms with Crippen LogP contribution in [-0.4, -0.2) is 87.4 Å². The third kappa shape index (κ3) is 3.86. The number of piperazine rings is 1. The van der Waals surface area contributed by atoms with E-state index in [4.69, 9.17) is 9.94 Å². The quantitative estimate of drug-likeness (QED) is 0.625. The van der Waals surface area contributed by atoms with Crippen LogP contribution >= 0.6 is 0 Å². The van der Waals surface area contributed by atoms with Gasteiger partial charge in [0, 0.05) is 39.3 Å². The summed E-state index contributed by atoms with van der Waals surface area (Å²) in [5.41, 5.74) is 2.18. The highest BCUT2D eigenvalue weighted by molar-refractivity contribution is 7.89. The molecule has 2 heterocycles. The average molecular weight is 406 g/mol. The minimum absolute atomic E-state index is 0.0426. The molecule has 0 bridgehead atoms. The minimum Gasteiger partial charge on any atom is -0.379 e. The predicted molar refractivity (Wildman–Crippen MR) is 93.5 cm³/mol. The second-order valence-corrected chi connectivity index (χ2v) is 9.83. The second kappa shape index (κ2) is 7.76. The second-order valence-electron chi connectivity index (χ2n) is 5.96. The molecule has 0 radical (unpaired) electrons. The van der Waals surface area contributed by atoms with Crippen molar-refractivity contribution in [2.24, 2.45) is 0 Å². The Morgan fingerprint density at radius 3 is 2.08 bits per heavy atom. The van der Waals surface area contributed by atoms with Crippen molar-refractivity contribution in [2.45, 2.75) is 4.90 Å². The van der Waals surface area contributed by atoms with Crippen LogP contribution in [-0.2, 0) is 25.0 Å². The Labute approximate surface area is 153 Å². The van der Waals surface area contributed by atoms with Gasteiger partial charge in [-0.2, -0.15) is 21.3 Å². The van der Waals surface area contributed by atoms with Crippen LogP contribution in [0.2, 0.25) is 0 Å². The zero-order chi connectivity index (χ0) is 18.8. The largest absolute Gasteiger partial charge is 0.379 e. The van der Waals surface area contributed by atoms with Crippen molar-refractivity contribution >= 4 is 25.9 Å². The number of sulfonamides is 1. The standard InChI is InChI=1S/C14H22N4O6S2/c19-15-13-2-1-3-14(12-13)25(20,21)16-4-6-17(7-5-16)26(22,23)18-8-10-24-11-9-18/h1-3,12,15,19H,4-11H2. The fourth-order valence-corrected chi connectivity index (χ4v) is 5.99. The molecule has 2 aliphatic heterocycles. The summed E-state index contributed by atoms with van der Waals surface area (Å²) in [6.07, 6.45) is 0. The molecule has 2 N–H and O–H groups in total. The van der Waals surface area contributed by atoms with Gasteiger partial charge in [0.25, 0.3) is 10.2 Å². The number of benzene rings is 1. The van der Waals surface area contributed by atoms with Gasteiger partial charge in [0.15, 0.2) is 0 Å². The predicted octanol–water partition coefficient (Wildman–Crippen LogP) is -0.629. The molecule has 0 saturated carbocycles. The summed E-state index contributed by atoms with van der Waals surface area (Å²) in [5.74, 6) is 0. The summed E-state index contributed by atoms with van der Waals surface area (Å²) in [6, 6.07) is 5.82. The number of ether oxygens (including phenoxy) is 1. The lowest BCUT2D eigenvalue weighted by molar-refractivity contribution is 0.0694. The lowest BCUT2D eigenvalue weighted by Gasteiger charge is -2.37. The third-order valence-corrected chi connectivity index (χ3v) is 8.35. The summed E-state index contributed by atoms with van der Waals surface area (Å²) in [7, 11) is -7.37. The zero-order valence-corrected chi connectivity index (χ0v) is 15.7. The van der Waals surface area contributed by atoms with E-state index in [1.54, 1.807) is 0 Å². The Bertz CT molecular complexity index is 831. The van der Waals surface area contributed by atoms with E-state index in [1.165, 1.54) is 37.2 Å². The zero-order valence-electron chi connectivity index (χ0n) is 14.1. The van der Waals surface area contributed by atoms with Crippen molar-refractivity contribution in [3.63, 3.8) is 0 Å². The molecular formula is C14H22N4O6S2. The topological polar surface area (TPSA) is 119 Å². The third-order valence-electron chi connectivity index (χ3n) is 4.42. The van der Waals surface area contributed by atoms with E-state index >= 15 is 0 Å². The fourth-order valence-electron chi connectivity index (χ4n) is 2.96. The van der Waals surface area contributed by atoms with Crippen molar-refractivity contribution < 1.29 is 26.8 Å². The van der Waals surface area contributed by atoms with Gasteiger partial charge >= 0.3 is 0 Å². The number of nitrogens with zero attached hydrogens (tertiary/aromatic N) is 3. The van der Waals surface area contributed by atoms with Crippen LogP contribution in [0.25, 0.3) is 0 Å². The molecule has 1 aromatic carbocycles. The van der Waals surface area contributed by atoms with E-state index in [1.807, 2.05) is 5.48 Å². The number of morpholine rings is 1. The minimum atomic E-state index is -3.76. The molecule has 0 aliphatic carbocycles. The van der Waals surface area contributed by atoms with Crippen LogP contribution in [0, 0.1) is 0 Å². The van der Waals surface area contributed by atoms with Gasteiger partial charge in [-0.25, -0.2) is 8.42 Å². The van der Waals surface area contributed by atoms with Crippen molar-refractivity contribution in [1.82, 2.24) is 12.9 Å². The Kier molecular flexibility index (Phi) is 5.81. The monoisotopic (exact) mass is 406 g/mol. The van der Waals surface area contributed by atoms with Crippen molar-refractivity contribution in [2.75, 3.05) is 58.0 Å². The Morgan fingerprint density at radius 2 is 1.46 bits per heavy atom. The highest BCUT2D eigenvalue weighted by Crippen LogP contribution is 2.22.